The Morgan fingerprint density at radius 3 is 2.31 bits per heavy atom. The van der Waals surface area contributed by atoms with E-state index in [-0.39, 0.29) is 5.91 Å². The number of ether oxygens (including phenoxy) is 3. The van der Waals surface area contributed by atoms with Gasteiger partial charge in [-0.25, -0.2) is 4.98 Å². The Morgan fingerprint density at radius 1 is 0.962 bits per heavy atom. The van der Waals surface area contributed by atoms with Crippen molar-refractivity contribution in [2.24, 2.45) is 0 Å². The van der Waals surface area contributed by atoms with Crippen LogP contribution in [0.25, 0.3) is 11.3 Å². The standard InChI is InChI=1S/C19H18N2O4S/c1-23-13-6-4-12(5-7-13)18(22)21-19-20-16(11-26-19)15-10-14(24-2)8-9-17(15)25-3/h4-11H,1-3H3,(H,20,21,22). The molecular formula is C19H18N2O4S. The Balaban J connectivity index is 1.80. The van der Waals surface area contributed by atoms with Gasteiger partial charge in [0.25, 0.3) is 5.91 Å². The maximum absolute atomic E-state index is 12.4. The minimum absolute atomic E-state index is 0.230. The molecule has 0 bridgehead atoms. The second-order valence-corrected chi connectivity index (χ2v) is 6.14. The number of nitrogens with zero attached hydrogens (tertiary/aromatic N) is 1. The maximum Gasteiger partial charge on any atom is 0.257 e. The summed E-state index contributed by atoms with van der Waals surface area (Å²) in [6.07, 6.45) is 0. The molecule has 1 aromatic heterocycles. The highest BCUT2D eigenvalue weighted by molar-refractivity contribution is 7.14. The second-order valence-electron chi connectivity index (χ2n) is 5.29. The van der Waals surface area contributed by atoms with E-state index < -0.39 is 0 Å². The van der Waals surface area contributed by atoms with Gasteiger partial charge in [-0.3, -0.25) is 10.1 Å². The first-order chi connectivity index (χ1) is 12.6. The molecule has 0 aliphatic rings. The largest absolute Gasteiger partial charge is 0.497 e. The van der Waals surface area contributed by atoms with E-state index in [4.69, 9.17) is 14.2 Å². The summed E-state index contributed by atoms with van der Waals surface area (Å²) >= 11 is 1.34. The summed E-state index contributed by atoms with van der Waals surface area (Å²) in [5.74, 6) is 1.86. The van der Waals surface area contributed by atoms with E-state index in [0.29, 0.717) is 33.6 Å². The van der Waals surface area contributed by atoms with Gasteiger partial charge in [-0.2, -0.15) is 0 Å². The van der Waals surface area contributed by atoms with Crippen LogP contribution in [0.1, 0.15) is 10.4 Å². The molecule has 0 radical (unpaired) electrons. The minimum Gasteiger partial charge on any atom is -0.497 e. The predicted molar refractivity (Wildman–Crippen MR) is 102 cm³/mol. The monoisotopic (exact) mass is 370 g/mol. The number of carbonyl (C=O) groups is 1. The van der Waals surface area contributed by atoms with Crippen LogP contribution in [-0.4, -0.2) is 32.2 Å². The Bertz CT molecular complexity index is 906. The zero-order valence-corrected chi connectivity index (χ0v) is 15.4. The van der Waals surface area contributed by atoms with Crippen LogP contribution in [0.15, 0.2) is 47.8 Å². The molecule has 1 heterocycles. The number of carbonyl (C=O) groups excluding carboxylic acids is 1. The van der Waals surface area contributed by atoms with E-state index in [1.807, 2.05) is 23.6 Å². The molecule has 1 amide bonds. The topological polar surface area (TPSA) is 69.7 Å². The molecule has 0 saturated carbocycles. The fraction of sp³-hybridized carbons (Fsp3) is 0.158. The van der Waals surface area contributed by atoms with Crippen molar-refractivity contribution in [3.05, 3.63) is 53.4 Å². The molecule has 134 valence electrons. The summed E-state index contributed by atoms with van der Waals surface area (Å²) in [5, 5.41) is 5.17. The van der Waals surface area contributed by atoms with Crippen LogP contribution in [0.3, 0.4) is 0 Å². The molecule has 2 aromatic carbocycles. The average molecular weight is 370 g/mol. The van der Waals surface area contributed by atoms with Crippen LogP contribution < -0.4 is 19.5 Å². The molecular weight excluding hydrogens is 352 g/mol. The van der Waals surface area contributed by atoms with Gasteiger partial charge in [0.05, 0.1) is 27.0 Å². The van der Waals surface area contributed by atoms with Gasteiger partial charge in [-0.15, -0.1) is 11.3 Å². The average Bonchev–Trinajstić information content (AvgIpc) is 3.15. The molecule has 1 N–H and O–H groups in total. The van der Waals surface area contributed by atoms with Crippen molar-refractivity contribution in [3.63, 3.8) is 0 Å². The summed E-state index contributed by atoms with van der Waals surface area (Å²) in [7, 11) is 4.79. The van der Waals surface area contributed by atoms with Crippen molar-refractivity contribution in [2.75, 3.05) is 26.6 Å². The van der Waals surface area contributed by atoms with Crippen molar-refractivity contribution in [2.45, 2.75) is 0 Å². The Morgan fingerprint density at radius 2 is 1.65 bits per heavy atom. The van der Waals surface area contributed by atoms with Crippen molar-refractivity contribution >= 4 is 22.4 Å². The third kappa shape index (κ3) is 3.78. The van der Waals surface area contributed by atoms with Gasteiger partial charge in [0.1, 0.15) is 17.2 Å². The number of nitrogens with one attached hydrogen (secondary N) is 1. The van der Waals surface area contributed by atoms with Crippen LogP contribution in [0.4, 0.5) is 5.13 Å². The Labute approximate surface area is 155 Å². The minimum atomic E-state index is -0.230. The van der Waals surface area contributed by atoms with Crippen LogP contribution in [0.2, 0.25) is 0 Å². The van der Waals surface area contributed by atoms with Gasteiger partial charge in [-0.1, -0.05) is 0 Å². The highest BCUT2D eigenvalue weighted by Crippen LogP contribution is 2.35. The normalized spacial score (nSPS) is 10.3. The third-order valence-electron chi connectivity index (χ3n) is 3.76. The lowest BCUT2D eigenvalue weighted by Crippen LogP contribution is -2.11. The number of hydrogen-bond acceptors (Lipinski definition) is 6. The van der Waals surface area contributed by atoms with Crippen LogP contribution in [0, 0.1) is 0 Å². The number of aromatic nitrogens is 1. The summed E-state index contributed by atoms with van der Waals surface area (Å²) < 4.78 is 15.8. The number of anilines is 1. The number of hydrogen-bond donors (Lipinski definition) is 1. The molecule has 7 heteroatoms. The fourth-order valence-electron chi connectivity index (χ4n) is 2.38. The van der Waals surface area contributed by atoms with Gasteiger partial charge in [0.2, 0.25) is 0 Å². The Kier molecular flexibility index (Phi) is 5.38. The van der Waals surface area contributed by atoms with Crippen LogP contribution in [0.5, 0.6) is 17.2 Å². The molecule has 0 fully saturated rings. The van der Waals surface area contributed by atoms with Gasteiger partial charge in [-0.05, 0) is 42.5 Å². The van der Waals surface area contributed by atoms with E-state index in [0.717, 1.165) is 5.56 Å². The Hall–Kier alpha value is -3.06. The van der Waals surface area contributed by atoms with Gasteiger partial charge in [0.15, 0.2) is 5.13 Å². The molecule has 0 aliphatic carbocycles. The maximum atomic E-state index is 12.4. The SMILES string of the molecule is COc1ccc(C(=O)Nc2nc(-c3cc(OC)ccc3OC)cs2)cc1. The van der Waals surface area contributed by atoms with E-state index in [9.17, 15) is 4.79 Å². The highest BCUT2D eigenvalue weighted by atomic mass is 32.1. The number of rotatable bonds is 6. The van der Waals surface area contributed by atoms with Crippen molar-refractivity contribution < 1.29 is 19.0 Å². The summed E-state index contributed by atoms with van der Waals surface area (Å²) in [6, 6.07) is 12.4. The van der Waals surface area contributed by atoms with Crippen molar-refractivity contribution in [1.82, 2.24) is 4.98 Å². The van der Waals surface area contributed by atoms with E-state index in [1.54, 1.807) is 45.6 Å². The zero-order valence-electron chi connectivity index (χ0n) is 14.6. The van der Waals surface area contributed by atoms with E-state index >= 15 is 0 Å². The predicted octanol–water partition coefficient (Wildman–Crippen LogP) is 4.09. The molecule has 3 rings (SSSR count). The zero-order chi connectivity index (χ0) is 18.5. The first-order valence-electron chi connectivity index (χ1n) is 7.78. The van der Waals surface area contributed by atoms with Crippen molar-refractivity contribution in [1.29, 1.82) is 0 Å². The quantitative estimate of drug-likeness (QED) is 0.708. The number of thiazole rings is 1. The first kappa shape index (κ1) is 17.8. The molecule has 0 atom stereocenters. The van der Waals surface area contributed by atoms with Gasteiger partial charge >= 0.3 is 0 Å². The van der Waals surface area contributed by atoms with E-state index in [1.165, 1.54) is 11.3 Å². The molecule has 3 aromatic rings. The fourth-order valence-corrected chi connectivity index (χ4v) is 3.09. The highest BCUT2D eigenvalue weighted by Gasteiger charge is 2.14. The lowest BCUT2D eigenvalue weighted by Gasteiger charge is -2.08. The summed E-state index contributed by atoms with van der Waals surface area (Å²) in [4.78, 5) is 16.8. The molecule has 0 unspecified atom stereocenters. The van der Waals surface area contributed by atoms with Gasteiger partial charge in [0, 0.05) is 16.5 Å². The van der Waals surface area contributed by atoms with Crippen LogP contribution >= 0.6 is 11.3 Å². The lowest BCUT2D eigenvalue weighted by atomic mass is 10.1. The lowest BCUT2D eigenvalue weighted by molar-refractivity contribution is 0.102. The van der Waals surface area contributed by atoms with Gasteiger partial charge < -0.3 is 14.2 Å². The number of amides is 1. The van der Waals surface area contributed by atoms with E-state index in [2.05, 4.69) is 10.3 Å². The molecule has 0 aliphatic heterocycles. The number of methoxy groups -OCH3 is 3. The molecule has 0 saturated heterocycles. The molecule has 26 heavy (non-hydrogen) atoms. The van der Waals surface area contributed by atoms with Crippen LogP contribution in [-0.2, 0) is 0 Å². The smallest absolute Gasteiger partial charge is 0.257 e. The summed E-state index contributed by atoms with van der Waals surface area (Å²) in [6.45, 7) is 0. The second kappa shape index (κ2) is 7.88. The molecule has 0 spiro atoms. The summed E-state index contributed by atoms with van der Waals surface area (Å²) in [5.41, 5.74) is 2.03. The third-order valence-corrected chi connectivity index (χ3v) is 4.52. The first-order valence-corrected chi connectivity index (χ1v) is 8.66. The van der Waals surface area contributed by atoms with Crippen molar-refractivity contribution in [3.8, 4) is 28.5 Å². The molecule has 6 nitrogen and oxygen atoms in total. The number of benzene rings is 2.